The number of imidazole rings is 1. The number of nitrogens with two attached hydrogens (primary N) is 1. The average molecular weight is 411 g/mol. The second kappa shape index (κ2) is 6.60. The molecule has 7 N–H and O–H groups in total. The van der Waals surface area contributed by atoms with Crippen LogP contribution in [0.25, 0.3) is 11.2 Å². The molecular formula is C10H15N5O9P2. The Morgan fingerprint density at radius 3 is 2.54 bits per heavy atom. The normalized spacial score (nSPS) is 29.1. The molecule has 0 amide bonds. The minimum atomic E-state index is -5.42. The number of aliphatic hydroxyl groups is 2. The van der Waals surface area contributed by atoms with Gasteiger partial charge in [-0.3, -0.25) is 9.09 Å². The maximum atomic E-state index is 11.4. The Morgan fingerprint density at radius 1 is 1.19 bits per heavy atom. The lowest BCUT2D eigenvalue weighted by molar-refractivity contribution is -0.0481. The Labute approximate surface area is 144 Å². The number of hydrogen-bond donors (Lipinski definition) is 6. The molecule has 3 rings (SSSR count). The number of aliphatic hydroxyl groups excluding tert-OH is 2. The van der Waals surface area contributed by atoms with Crippen LogP contribution in [0.4, 0.5) is 5.82 Å². The van der Waals surface area contributed by atoms with Crippen molar-refractivity contribution in [3.63, 3.8) is 0 Å². The predicted octanol–water partition coefficient (Wildman–Crippen LogP) is -1.68. The molecule has 14 nitrogen and oxygen atoms in total. The molecule has 144 valence electrons. The third kappa shape index (κ3) is 3.27. The predicted molar refractivity (Wildman–Crippen MR) is 83.5 cm³/mol. The van der Waals surface area contributed by atoms with Gasteiger partial charge in [-0.05, 0) is 0 Å². The van der Waals surface area contributed by atoms with Gasteiger partial charge in [-0.25, -0.2) is 24.1 Å². The van der Waals surface area contributed by atoms with Crippen LogP contribution < -0.4 is 5.73 Å². The van der Waals surface area contributed by atoms with Crippen LogP contribution in [0.3, 0.4) is 0 Å². The molecule has 5 atom stereocenters. The van der Waals surface area contributed by atoms with Crippen LogP contribution in [0.2, 0.25) is 0 Å². The maximum absolute atomic E-state index is 11.4. The van der Waals surface area contributed by atoms with E-state index in [1.807, 2.05) is 0 Å². The number of hydrogen-bond acceptors (Lipinski definition) is 10. The first-order valence-corrected chi connectivity index (χ1v) is 10.9. The second-order valence-electron chi connectivity index (χ2n) is 5.43. The highest BCUT2D eigenvalue weighted by Crippen LogP contribution is 2.74. The van der Waals surface area contributed by atoms with Gasteiger partial charge in [-0.15, -0.1) is 0 Å². The SMILES string of the molecule is Nc1ncnc2c1ncn2[C@@H]1O[C@H](COP(=O)(O)P(=O)(O)O)[C@@H](O)[C@H]1O. The number of nitrogen functional groups attached to an aromatic ring is 1. The maximum Gasteiger partial charge on any atom is 0.438 e. The van der Waals surface area contributed by atoms with E-state index >= 15 is 0 Å². The molecule has 0 aromatic carbocycles. The van der Waals surface area contributed by atoms with E-state index in [9.17, 15) is 24.2 Å². The molecule has 2 aromatic heterocycles. The number of ether oxygens (including phenoxy) is 1. The van der Waals surface area contributed by atoms with Crippen LogP contribution in [0.15, 0.2) is 12.7 Å². The molecule has 0 bridgehead atoms. The quantitative estimate of drug-likeness (QED) is 0.303. The van der Waals surface area contributed by atoms with Crippen molar-refractivity contribution in [3.8, 4) is 0 Å². The number of aromatic nitrogens is 4. The standard InChI is InChI=1S/C10H15N5O9P2/c11-8-5-9(13-2-12-8)15(3-14-5)10-7(17)6(16)4(24-10)1-23-26(21,22)25(18,19)20/h2-4,6-7,10,16-17H,1H2,(H,21,22)(H2,11,12,13)(H2,18,19,20)/t4-,6-,7-,10-/m1/s1. The topological polar surface area (TPSA) is 223 Å². The molecule has 0 aliphatic carbocycles. The highest BCUT2D eigenvalue weighted by atomic mass is 32.1. The van der Waals surface area contributed by atoms with E-state index < -0.39 is 45.7 Å². The van der Waals surface area contributed by atoms with Crippen LogP contribution in [0, 0.1) is 0 Å². The van der Waals surface area contributed by atoms with E-state index in [1.54, 1.807) is 0 Å². The van der Waals surface area contributed by atoms with E-state index in [4.69, 9.17) is 20.3 Å². The summed E-state index contributed by atoms with van der Waals surface area (Å²) in [5.74, 6) is 0.0875. The van der Waals surface area contributed by atoms with E-state index in [1.165, 1.54) is 10.9 Å². The molecule has 1 unspecified atom stereocenters. The zero-order valence-electron chi connectivity index (χ0n) is 12.8. The summed E-state index contributed by atoms with van der Waals surface area (Å²) in [5, 5.41) is 20.2. The van der Waals surface area contributed by atoms with Crippen molar-refractivity contribution in [1.29, 1.82) is 0 Å². The van der Waals surface area contributed by atoms with Gasteiger partial charge in [0.15, 0.2) is 17.7 Å². The van der Waals surface area contributed by atoms with Crippen LogP contribution in [-0.4, -0.2) is 69.3 Å². The third-order valence-corrected chi connectivity index (χ3v) is 7.20. The molecule has 1 aliphatic heterocycles. The first kappa shape index (κ1) is 19.3. The molecule has 1 saturated heterocycles. The molecule has 0 saturated carbocycles. The zero-order valence-corrected chi connectivity index (χ0v) is 14.6. The van der Waals surface area contributed by atoms with Gasteiger partial charge >= 0.3 is 14.6 Å². The molecular weight excluding hydrogens is 396 g/mol. The lowest BCUT2D eigenvalue weighted by atomic mass is 10.1. The fourth-order valence-corrected chi connectivity index (χ4v) is 3.54. The molecule has 1 aliphatic rings. The Balaban J connectivity index is 1.80. The second-order valence-corrected chi connectivity index (χ2v) is 10.8. The van der Waals surface area contributed by atoms with Crippen molar-refractivity contribution in [2.75, 3.05) is 12.3 Å². The van der Waals surface area contributed by atoms with Crippen molar-refractivity contribution in [3.05, 3.63) is 12.7 Å². The molecule has 0 spiro atoms. The molecule has 2 aromatic rings. The summed E-state index contributed by atoms with van der Waals surface area (Å²) in [6.45, 7) is -0.850. The van der Waals surface area contributed by atoms with Crippen molar-refractivity contribution in [2.45, 2.75) is 24.5 Å². The fourth-order valence-electron chi connectivity index (χ4n) is 2.40. The highest BCUT2D eigenvalue weighted by Gasteiger charge is 2.48. The van der Waals surface area contributed by atoms with Gasteiger partial charge in [0.2, 0.25) is 0 Å². The molecule has 26 heavy (non-hydrogen) atoms. The van der Waals surface area contributed by atoms with Crippen molar-refractivity contribution in [1.82, 2.24) is 19.5 Å². The minimum absolute atomic E-state index is 0.0875. The Bertz CT molecular complexity index is 915. The Kier molecular flexibility index (Phi) is 4.90. The van der Waals surface area contributed by atoms with E-state index in [-0.39, 0.29) is 17.0 Å². The first-order valence-electron chi connectivity index (χ1n) is 7.01. The van der Waals surface area contributed by atoms with Crippen molar-refractivity contribution in [2.24, 2.45) is 0 Å². The third-order valence-electron chi connectivity index (χ3n) is 3.73. The Hall–Kier alpha value is -1.47. The lowest BCUT2D eigenvalue weighted by Gasteiger charge is -2.18. The van der Waals surface area contributed by atoms with Gasteiger partial charge < -0.3 is 35.4 Å². The van der Waals surface area contributed by atoms with Crippen LogP contribution >= 0.6 is 14.6 Å². The van der Waals surface area contributed by atoms with Gasteiger partial charge in [0.05, 0.1) is 12.9 Å². The van der Waals surface area contributed by atoms with E-state index in [0.29, 0.717) is 0 Å². The van der Waals surface area contributed by atoms with Crippen LogP contribution in [0.1, 0.15) is 6.23 Å². The summed E-state index contributed by atoms with van der Waals surface area (Å²) in [4.78, 5) is 38.5. The summed E-state index contributed by atoms with van der Waals surface area (Å²) in [7, 11) is -10.7. The minimum Gasteiger partial charge on any atom is -0.387 e. The molecule has 3 heterocycles. The van der Waals surface area contributed by atoms with Gasteiger partial charge in [-0.1, -0.05) is 0 Å². The van der Waals surface area contributed by atoms with E-state index in [2.05, 4.69) is 19.5 Å². The van der Waals surface area contributed by atoms with Gasteiger partial charge in [0.25, 0.3) is 0 Å². The van der Waals surface area contributed by atoms with Crippen molar-refractivity contribution < 1.29 is 43.3 Å². The highest BCUT2D eigenvalue weighted by molar-refractivity contribution is 8.26. The van der Waals surface area contributed by atoms with Crippen LogP contribution in [-0.2, 0) is 18.4 Å². The average Bonchev–Trinajstić information content (AvgIpc) is 3.08. The Morgan fingerprint density at radius 2 is 1.88 bits per heavy atom. The molecule has 16 heteroatoms. The number of fused-ring (bicyclic) bond motifs is 1. The number of anilines is 1. The monoisotopic (exact) mass is 411 g/mol. The lowest BCUT2D eigenvalue weighted by Crippen LogP contribution is -2.33. The smallest absolute Gasteiger partial charge is 0.387 e. The summed E-state index contributed by atoms with van der Waals surface area (Å²) in [6.07, 6.45) is -3.23. The van der Waals surface area contributed by atoms with Gasteiger partial charge in [0.1, 0.15) is 30.2 Å². The number of nitrogens with zero attached hydrogens (tertiary/aromatic N) is 4. The van der Waals surface area contributed by atoms with Crippen LogP contribution in [0.5, 0.6) is 0 Å². The van der Waals surface area contributed by atoms with Gasteiger partial charge in [-0.2, -0.15) is 0 Å². The molecule has 1 fully saturated rings. The number of rotatable bonds is 5. The summed E-state index contributed by atoms with van der Waals surface area (Å²) in [6, 6.07) is 0. The fraction of sp³-hybridized carbons (Fsp3) is 0.500. The van der Waals surface area contributed by atoms with Crippen molar-refractivity contribution >= 4 is 31.6 Å². The largest absolute Gasteiger partial charge is 0.438 e. The van der Waals surface area contributed by atoms with E-state index in [0.717, 1.165) is 6.33 Å². The summed E-state index contributed by atoms with van der Waals surface area (Å²) < 4.78 is 33.3. The zero-order chi connectivity index (χ0) is 19.3. The van der Waals surface area contributed by atoms with Gasteiger partial charge in [0, 0.05) is 0 Å². The first-order chi connectivity index (χ1) is 12.0. The molecule has 0 radical (unpaired) electrons. The summed E-state index contributed by atoms with van der Waals surface area (Å²) in [5.41, 5.74) is 6.10. The summed E-state index contributed by atoms with van der Waals surface area (Å²) >= 11 is 0.